The second-order valence-corrected chi connectivity index (χ2v) is 5.28. The van der Waals surface area contributed by atoms with Gasteiger partial charge in [0.25, 0.3) is 0 Å². The second kappa shape index (κ2) is 6.35. The normalized spacial score (nSPS) is 18.5. The van der Waals surface area contributed by atoms with Crippen molar-refractivity contribution in [2.24, 2.45) is 0 Å². The molecular formula is C15H23FN2O. The van der Waals surface area contributed by atoms with E-state index in [1.807, 2.05) is 13.0 Å². The average Bonchev–Trinajstić information content (AvgIpc) is 2.41. The van der Waals surface area contributed by atoms with E-state index in [1.54, 1.807) is 0 Å². The predicted molar refractivity (Wildman–Crippen MR) is 74.9 cm³/mol. The number of phenols is 1. The maximum absolute atomic E-state index is 13.7. The highest BCUT2D eigenvalue weighted by molar-refractivity contribution is 5.39. The van der Waals surface area contributed by atoms with Crippen LogP contribution in [0.2, 0.25) is 0 Å². The maximum atomic E-state index is 13.7. The summed E-state index contributed by atoms with van der Waals surface area (Å²) in [6, 6.07) is 3.42. The van der Waals surface area contributed by atoms with Crippen LogP contribution in [0.5, 0.6) is 5.75 Å². The van der Waals surface area contributed by atoms with E-state index in [-0.39, 0.29) is 11.8 Å². The van der Waals surface area contributed by atoms with Crippen molar-refractivity contribution in [2.75, 3.05) is 26.2 Å². The molecule has 0 aliphatic carbocycles. The molecule has 0 saturated carbocycles. The second-order valence-electron chi connectivity index (χ2n) is 5.28. The van der Waals surface area contributed by atoms with E-state index >= 15 is 0 Å². The van der Waals surface area contributed by atoms with E-state index in [0.717, 1.165) is 50.1 Å². The van der Waals surface area contributed by atoms with Crippen LogP contribution in [0, 0.1) is 12.7 Å². The summed E-state index contributed by atoms with van der Waals surface area (Å²) in [5, 5.41) is 13.4. The van der Waals surface area contributed by atoms with Gasteiger partial charge in [-0.1, -0.05) is 19.4 Å². The summed E-state index contributed by atoms with van der Waals surface area (Å²) in [6.45, 7) is 7.79. The van der Waals surface area contributed by atoms with Crippen LogP contribution in [0.4, 0.5) is 4.39 Å². The van der Waals surface area contributed by atoms with Gasteiger partial charge in [0.1, 0.15) is 0 Å². The molecular weight excluding hydrogens is 243 g/mol. The molecule has 0 amide bonds. The van der Waals surface area contributed by atoms with E-state index in [1.165, 1.54) is 6.07 Å². The molecule has 1 aromatic rings. The minimum absolute atomic E-state index is 0.112. The highest BCUT2D eigenvalue weighted by Crippen LogP contribution is 2.34. The first kappa shape index (κ1) is 14.3. The minimum Gasteiger partial charge on any atom is -0.505 e. The number of hydrogen-bond acceptors (Lipinski definition) is 3. The van der Waals surface area contributed by atoms with Crippen molar-refractivity contribution in [3.8, 4) is 5.75 Å². The lowest BCUT2D eigenvalue weighted by atomic mass is 9.97. The Morgan fingerprint density at radius 3 is 2.68 bits per heavy atom. The Hall–Kier alpha value is -1.13. The Bertz CT molecular complexity index is 430. The van der Waals surface area contributed by atoms with Gasteiger partial charge in [0.2, 0.25) is 0 Å². The van der Waals surface area contributed by atoms with E-state index in [4.69, 9.17) is 0 Å². The number of hydrogen-bond donors (Lipinski definition) is 2. The summed E-state index contributed by atoms with van der Waals surface area (Å²) < 4.78 is 13.7. The maximum Gasteiger partial charge on any atom is 0.165 e. The first-order valence-corrected chi connectivity index (χ1v) is 7.07. The van der Waals surface area contributed by atoms with Gasteiger partial charge in [-0.15, -0.1) is 0 Å². The Balaban J connectivity index is 2.32. The Labute approximate surface area is 114 Å². The van der Waals surface area contributed by atoms with Gasteiger partial charge in [-0.25, -0.2) is 4.39 Å². The number of aryl methyl sites for hydroxylation is 1. The highest BCUT2D eigenvalue weighted by atomic mass is 19.1. The molecule has 1 saturated heterocycles. The fourth-order valence-electron chi connectivity index (χ4n) is 2.82. The van der Waals surface area contributed by atoms with Crippen LogP contribution in [-0.2, 0) is 0 Å². The number of benzene rings is 1. The molecule has 1 fully saturated rings. The van der Waals surface area contributed by atoms with Crippen LogP contribution < -0.4 is 5.32 Å². The van der Waals surface area contributed by atoms with Crippen molar-refractivity contribution in [3.05, 3.63) is 29.1 Å². The van der Waals surface area contributed by atoms with Gasteiger partial charge in [0, 0.05) is 37.8 Å². The first-order chi connectivity index (χ1) is 9.13. The number of halogens is 1. The summed E-state index contributed by atoms with van der Waals surface area (Å²) in [7, 11) is 0. The van der Waals surface area contributed by atoms with Crippen molar-refractivity contribution in [2.45, 2.75) is 32.7 Å². The molecule has 0 aromatic heterocycles. The quantitative estimate of drug-likeness (QED) is 0.879. The van der Waals surface area contributed by atoms with E-state index < -0.39 is 5.82 Å². The van der Waals surface area contributed by atoms with Crippen LogP contribution >= 0.6 is 0 Å². The molecule has 19 heavy (non-hydrogen) atoms. The largest absolute Gasteiger partial charge is 0.505 e. The van der Waals surface area contributed by atoms with Gasteiger partial charge in [0.15, 0.2) is 11.6 Å². The Morgan fingerprint density at radius 1 is 1.37 bits per heavy atom. The molecule has 4 heteroatoms. The van der Waals surface area contributed by atoms with E-state index in [2.05, 4.69) is 17.1 Å². The molecule has 0 radical (unpaired) electrons. The fraction of sp³-hybridized carbons (Fsp3) is 0.600. The molecule has 1 heterocycles. The van der Waals surface area contributed by atoms with Gasteiger partial charge in [0.05, 0.1) is 0 Å². The van der Waals surface area contributed by atoms with Gasteiger partial charge >= 0.3 is 0 Å². The smallest absolute Gasteiger partial charge is 0.165 e. The lowest BCUT2D eigenvalue weighted by molar-refractivity contribution is 0.161. The number of phenolic OH excluding ortho intramolecular Hbond substituents is 1. The zero-order valence-corrected chi connectivity index (χ0v) is 11.7. The Kier molecular flexibility index (Phi) is 4.77. The standard InChI is InChI=1S/C15H23FN2O/c1-3-4-14(18-7-5-17-6-8-18)12-9-11(2)10-13(16)15(12)19/h9-10,14,17,19H,3-8H2,1-2H3/t14-/m1/s1. The van der Waals surface area contributed by atoms with Gasteiger partial charge in [-0.3, -0.25) is 4.90 Å². The monoisotopic (exact) mass is 266 g/mol. The molecule has 1 atom stereocenters. The number of aromatic hydroxyl groups is 1. The van der Waals surface area contributed by atoms with Gasteiger partial charge < -0.3 is 10.4 Å². The van der Waals surface area contributed by atoms with Crippen LogP contribution in [-0.4, -0.2) is 36.2 Å². The third-order valence-corrected chi connectivity index (χ3v) is 3.75. The molecule has 0 bridgehead atoms. The molecule has 2 rings (SSSR count). The SMILES string of the molecule is CCC[C@H](c1cc(C)cc(F)c1O)N1CCNCC1. The number of nitrogens with one attached hydrogen (secondary N) is 1. The summed E-state index contributed by atoms with van der Waals surface area (Å²) in [4.78, 5) is 2.34. The molecule has 1 aliphatic heterocycles. The summed E-state index contributed by atoms with van der Waals surface area (Å²) in [6.07, 6.45) is 1.96. The van der Waals surface area contributed by atoms with Gasteiger partial charge in [-0.2, -0.15) is 0 Å². The van der Waals surface area contributed by atoms with Crippen LogP contribution in [0.25, 0.3) is 0 Å². The van der Waals surface area contributed by atoms with Crippen molar-refractivity contribution in [3.63, 3.8) is 0 Å². The summed E-state index contributed by atoms with van der Waals surface area (Å²) in [5.74, 6) is -0.686. The number of rotatable bonds is 4. The summed E-state index contributed by atoms with van der Waals surface area (Å²) >= 11 is 0. The highest BCUT2D eigenvalue weighted by Gasteiger charge is 2.25. The topological polar surface area (TPSA) is 35.5 Å². The van der Waals surface area contributed by atoms with E-state index in [9.17, 15) is 9.50 Å². The summed E-state index contributed by atoms with van der Waals surface area (Å²) in [5.41, 5.74) is 1.60. The average molecular weight is 266 g/mol. The van der Waals surface area contributed by atoms with Crippen molar-refractivity contribution in [1.29, 1.82) is 0 Å². The predicted octanol–water partition coefficient (Wildman–Crippen LogP) is 2.59. The third-order valence-electron chi connectivity index (χ3n) is 3.75. The molecule has 106 valence electrons. The molecule has 0 unspecified atom stereocenters. The van der Waals surface area contributed by atoms with Crippen LogP contribution in [0.3, 0.4) is 0 Å². The molecule has 2 N–H and O–H groups in total. The van der Waals surface area contributed by atoms with Crippen molar-refractivity contribution < 1.29 is 9.50 Å². The van der Waals surface area contributed by atoms with E-state index in [0.29, 0.717) is 0 Å². The molecule has 3 nitrogen and oxygen atoms in total. The van der Waals surface area contributed by atoms with Crippen molar-refractivity contribution >= 4 is 0 Å². The fourth-order valence-corrected chi connectivity index (χ4v) is 2.82. The van der Waals surface area contributed by atoms with Crippen LogP contribution in [0.15, 0.2) is 12.1 Å². The molecule has 0 spiro atoms. The Morgan fingerprint density at radius 2 is 2.05 bits per heavy atom. The zero-order valence-electron chi connectivity index (χ0n) is 11.7. The minimum atomic E-state index is -0.508. The molecule has 1 aromatic carbocycles. The number of nitrogens with zero attached hydrogens (tertiary/aromatic N) is 1. The van der Waals surface area contributed by atoms with Crippen molar-refractivity contribution in [1.82, 2.24) is 10.2 Å². The van der Waals surface area contributed by atoms with Gasteiger partial charge in [-0.05, 0) is 25.0 Å². The zero-order chi connectivity index (χ0) is 13.8. The third kappa shape index (κ3) is 3.25. The number of piperazine rings is 1. The first-order valence-electron chi connectivity index (χ1n) is 7.07. The van der Waals surface area contributed by atoms with Crippen LogP contribution in [0.1, 0.15) is 36.9 Å². The lowest BCUT2D eigenvalue weighted by Gasteiger charge is -2.35. The lowest BCUT2D eigenvalue weighted by Crippen LogP contribution is -2.45. The molecule has 1 aliphatic rings.